The van der Waals surface area contributed by atoms with Crippen LogP contribution >= 0.6 is 0 Å². The van der Waals surface area contributed by atoms with Gasteiger partial charge < -0.3 is 5.32 Å². The molecule has 1 aliphatic carbocycles. The van der Waals surface area contributed by atoms with Crippen molar-refractivity contribution in [1.29, 1.82) is 0 Å². The van der Waals surface area contributed by atoms with E-state index in [1.165, 1.54) is 18.9 Å². The molecule has 0 bridgehead atoms. The molecule has 9 heteroatoms. The van der Waals surface area contributed by atoms with E-state index in [-0.39, 0.29) is 5.56 Å². The molecule has 3 aromatic heterocycles. The zero-order chi connectivity index (χ0) is 24.7. The van der Waals surface area contributed by atoms with Crippen LogP contribution in [0.1, 0.15) is 46.0 Å². The molecule has 3 heterocycles. The van der Waals surface area contributed by atoms with Crippen molar-refractivity contribution in [1.82, 2.24) is 19.9 Å². The third kappa shape index (κ3) is 4.99. The van der Waals surface area contributed by atoms with Crippen LogP contribution < -0.4 is 5.32 Å². The average molecular weight is 477 g/mol. The first kappa shape index (κ1) is 22.9. The highest BCUT2D eigenvalue weighted by Crippen LogP contribution is 2.33. The van der Waals surface area contributed by atoms with Crippen molar-refractivity contribution < 1.29 is 18.0 Å². The number of anilines is 1. The maximum atomic E-state index is 13.0. The van der Waals surface area contributed by atoms with Gasteiger partial charge in [0.1, 0.15) is 11.5 Å². The van der Waals surface area contributed by atoms with Crippen molar-refractivity contribution in [2.75, 3.05) is 5.32 Å². The van der Waals surface area contributed by atoms with Crippen molar-refractivity contribution in [3.05, 3.63) is 77.1 Å². The number of nitrogens with one attached hydrogen (secondary N) is 1. The minimum absolute atomic E-state index is 0.128. The summed E-state index contributed by atoms with van der Waals surface area (Å²) in [5.74, 6) is 0.837. The number of benzene rings is 1. The lowest BCUT2D eigenvalue weighted by atomic mass is 9.98. The molecule has 1 amide bonds. The van der Waals surface area contributed by atoms with E-state index >= 15 is 0 Å². The van der Waals surface area contributed by atoms with Crippen LogP contribution in [0, 0.1) is 19.8 Å². The Balaban J connectivity index is 1.44. The Morgan fingerprint density at radius 2 is 1.83 bits per heavy atom. The highest BCUT2D eigenvalue weighted by Gasteiger charge is 2.33. The summed E-state index contributed by atoms with van der Waals surface area (Å²) in [4.78, 5) is 29.8. The number of aryl methyl sites for hydroxylation is 2. The first-order valence-corrected chi connectivity index (χ1v) is 11.3. The third-order valence-electron chi connectivity index (χ3n) is 6.08. The summed E-state index contributed by atoms with van der Waals surface area (Å²) in [5.41, 5.74) is 3.32. The van der Waals surface area contributed by atoms with Crippen molar-refractivity contribution >= 4 is 22.6 Å². The molecule has 1 aliphatic rings. The SMILES string of the molecule is Cc1ccc(NC(=O)c2ccnc(C(F)(F)F)c2)cc1-c1cc2cnc(CC3CC3)nc2nc1C. The molecule has 0 unspecified atom stereocenters. The number of rotatable bonds is 5. The first-order chi connectivity index (χ1) is 16.7. The van der Waals surface area contributed by atoms with Gasteiger partial charge in [0, 0.05) is 46.7 Å². The Hall–Kier alpha value is -3.88. The van der Waals surface area contributed by atoms with Gasteiger partial charge in [0.25, 0.3) is 5.91 Å². The van der Waals surface area contributed by atoms with Crippen LogP contribution in [0.2, 0.25) is 0 Å². The van der Waals surface area contributed by atoms with Crippen LogP contribution in [-0.4, -0.2) is 25.8 Å². The second-order valence-corrected chi connectivity index (χ2v) is 8.88. The van der Waals surface area contributed by atoms with Gasteiger partial charge in [-0.05, 0) is 74.1 Å². The Morgan fingerprint density at radius 1 is 1.03 bits per heavy atom. The molecule has 1 N–H and O–H groups in total. The topological polar surface area (TPSA) is 80.7 Å². The van der Waals surface area contributed by atoms with Crippen LogP contribution in [0.5, 0.6) is 0 Å². The molecule has 0 atom stereocenters. The Morgan fingerprint density at radius 3 is 2.57 bits per heavy atom. The molecule has 6 nitrogen and oxygen atoms in total. The Kier molecular flexibility index (Phi) is 5.70. The average Bonchev–Trinajstić information content (AvgIpc) is 3.63. The predicted octanol–water partition coefficient (Wildman–Crippen LogP) is 5.93. The fourth-order valence-electron chi connectivity index (χ4n) is 3.96. The summed E-state index contributed by atoms with van der Waals surface area (Å²) in [6.45, 7) is 3.84. The summed E-state index contributed by atoms with van der Waals surface area (Å²) >= 11 is 0. The summed E-state index contributed by atoms with van der Waals surface area (Å²) in [6.07, 6.45) is 1.46. The molecule has 4 aromatic rings. The van der Waals surface area contributed by atoms with E-state index in [4.69, 9.17) is 4.98 Å². The van der Waals surface area contributed by atoms with Crippen molar-refractivity contribution in [3.63, 3.8) is 0 Å². The molecule has 0 aliphatic heterocycles. The van der Waals surface area contributed by atoms with E-state index in [0.717, 1.165) is 52.3 Å². The number of nitrogens with zero attached hydrogens (tertiary/aromatic N) is 4. The van der Waals surface area contributed by atoms with Crippen LogP contribution in [0.4, 0.5) is 18.9 Å². The molecular weight excluding hydrogens is 455 g/mol. The van der Waals surface area contributed by atoms with Gasteiger partial charge >= 0.3 is 6.18 Å². The quantitative estimate of drug-likeness (QED) is 0.386. The fourth-order valence-corrected chi connectivity index (χ4v) is 3.96. The summed E-state index contributed by atoms with van der Waals surface area (Å²) in [6, 6.07) is 9.30. The summed E-state index contributed by atoms with van der Waals surface area (Å²) in [5, 5.41) is 3.50. The summed E-state index contributed by atoms with van der Waals surface area (Å²) < 4.78 is 38.9. The minimum Gasteiger partial charge on any atom is -0.322 e. The van der Waals surface area contributed by atoms with E-state index in [1.54, 1.807) is 18.3 Å². The lowest BCUT2D eigenvalue weighted by Gasteiger charge is -2.13. The maximum absolute atomic E-state index is 13.0. The molecule has 5 rings (SSSR count). The molecular formula is C26H22F3N5O. The molecule has 35 heavy (non-hydrogen) atoms. The number of hydrogen-bond donors (Lipinski definition) is 1. The van der Waals surface area contributed by atoms with Crippen molar-refractivity contribution in [2.45, 2.75) is 39.3 Å². The predicted molar refractivity (Wildman–Crippen MR) is 126 cm³/mol. The van der Waals surface area contributed by atoms with E-state index in [9.17, 15) is 18.0 Å². The zero-order valence-electron chi connectivity index (χ0n) is 19.1. The lowest BCUT2D eigenvalue weighted by Crippen LogP contribution is -2.15. The molecule has 0 radical (unpaired) electrons. The second-order valence-electron chi connectivity index (χ2n) is 8.88. The van der Waals surface area contributed by atoms with E-state index < -0.39 is 17.8 Å². The monoisotopic (exact) mass is 477 g/mol. The zero-order valence-corrected chi connectivity index (χ0v) is 19.1. The van der Waals surface area contributed by atoms with Gasteiger partial charge in [-0.15, -0.1) is 0 Å². The van der Waals surface area contributed by atoms with E-state index in [0.29, 0.717) is 17.3 Å². The normalized spacial score (nSPS) is 13.7. The third-order valence-corrected chi connectivity index (χ3v) is 6.08. The second kappa shape index (κ2) is 8.72. The number of halogens is 3. The number of carbonyl (C=O) groups excluding carboxylic acids is 1. The first-order valence-electron chi connectivity index (χ1n) is 11.3. The Bertz CT molecular complexity index is 1450. The van der Waals surface area contributed by atoms with Crippen LogP contribution in [0.15, 0.2) is 48.8 Å². The molecule has 0 saturated heterocycles. The van der Waals surface area contributed by atoms with Gasteiger partial charge in [-0.1, -0.05) is 6.07 Å². The van der Waals surface area contributed by atoms with Crippen LogP contribution in [0.3, 0.4) is 0 Å². The van der Waals surface area contributed by atoms with Gasteiger partial charge in [-0.3, -0.25) is 9.78 Å². The Labute approximate surface area is 199 Å². The van der Waals surface area contributed by atoms with Gasteiger partial charge in [0.15, 0.2) is 5.65 Å². The molecule has 178 valence electrons. The molecule has 1 fully saturated rings. The summed E-state index contributed by atoms with van der Waals surface area (Å²) in [7, 11) is 0. The number of hydrogen-bond acceptors (Lipinski definition) is 5. The van der Waals surface area contributed by atoms with Crippen molar-refractivity contribution in [2.24, 2.45) is 5.92 Å². The van der Waals surface area contributed by atoms with Gasteiger partial charge in [-0.2, -0.15) is 13.2 Å². The smallest absolute Gasteiger partial charge is 0.322 e. The largest absolute Gasteiger partial charge is 0.433 e. The molecule has 1 aromatic carbocycles. The van der Waals surface area contributed by atoms with Crippen LogP contribution in [0.25, 0.3) is 22.2 Å². The minimum atomic E-state index is -4.63. The molecule has 1 saturated carbocycles. The highest BCUT2D eigenvalue weighted by atomic mass is 19.4. The number of alkyl halides is 3. The lowest BCUT2D eigenvalue weighted by molar-refractivity contribution is -0.141. The maximum Gasteiger partial charge on any atom is 0.433 e. The number of pyridine rings is 2. The number of fused-ring (bicyclic) bond motifs is 1. The standard InChI is InChI=1S/C26H22F3N5O/c1-14-3-6-19(33-25(35)17-7-8-30-22(11-17)26(27,28)29)12-20(14)21-10-18-13-31-23(9-16-4-5-16)34-24(18)32-15(21)2/h3,6-8,10-13,16H,4-5,9H2,1-2H3,(H,33,35). The van der Waals surface area contributed by atoms with Gasteiger partial charge in [-0.25, -0.2) is 15.0 Å². The van der Waals surface area contributed by atoms with Gasteiger partial charge in [0.2, 0.25) is 0 Å². The fraction of sp³-hybridized carbons (Fsp3) is 0.269. The van der Waals surface area contributed by atoms with Crippen LogP contribution in [-0.2, 0) is 12.6 Å². The van der Waals surface area contributed by atoms with E-state index in [1.807, 2.05) is 26.0 Å². The number of carbonyl (C=O) groups is 1. The highest BCUT2D eigenvalue weighted by molar-refractivity contribution is 6.04. The number of aromatic nitrogens is 4. The molecule has 0 spiro atoms. The van der Waals surface area contributed by atoms with Crippen molar-refractivity contribution in [3.8, 4) is 11.1 Å². The number of amides is 1. The van der Waals surface area contributed by atoms with E-state index in [2.05, 4.69) is 20.3 Å². The van der Waals surface area contributed by atoms with Gasteiger partial charge in [0.05, 0.1) is 0 Å².